The van der Waals surface area contributed by atoms with Crippen LogP contribution in [0.1, 0.15) is 45.4 Å². The Hall–Kier alpha value is -1.00. The van der Waals surface area contributed by atoms with E-state index in [0.717, 1.165) is 0 Å². The van der Waals surface area contributed by atoms with E-state index in [1.165, 1.54) is 52.2 Å². The predicted octanol–water partition coefficient (Wildman–Crippen LogP) is 1.80. The van der Waals surface area contributed by atoms with Gasteiger partial charge in [0.05, 0.1) is 40.0 Å². The number of nitrogens with zero attached hydrogens (tertiary/aromatic N) is 2. The third-order valence-electron chi connectivity index (χ3n) is 3.48. The van der Waals surface area contributed by atoms with Crippen LogP contribution in [0, 0.1) is 0 Å². The highest BCUT2D eigenvalue weighted by Gasteiger charge is 1.98. The molecule has 0 N–H and O–H groups in total. The zero-order valence-corrected chi connectivity index (χ0v) is 17.1. The van der Waals surface area contributed by atoms with Gasteiger partial charge in [-0.3, -0.25) is 4.18 Å². The summed E-state index contributed by atoms with van der Waals surface area (Å²) in [5.41, 5.74) is 0. The maximum atomic E-state index is 9.86. The van der Waals surface area contributed by atoms with Gasteiger partial charge < -0.3 is 14.0 Å². The number of aromatic nitrogens is 2. The summed E-state index contributed by atoms with van der Waals surface area (Å²) in [6.07, 6.45) is 14.6. The number of hydrogen-bond acceptors (Lipinski definition) is 6. The van der Waals surface area contributed by atoms with Crippen molar-refractivity contribution in [1.82, 2.24) is 4.57 Å². The quantitative estimate of drug-likeness (QED) is 0.207. The van der Waals surface area contributed by atoms with Gasteiger partial charge in [-0.25, -0.2) is 17.6 Å². The molecule has 0 unspecified atom stereocenters. The Morgan fingerprint density at radius 1 is 1.04 bits per heavy atom. The van der Waals surface area contributed by atoms with Crippen molar-refractivity contribution in [3.05, 3.63) is 18.7 Å². The summed E-state index contributed by atoms with van der Waals surface area (Å²) >= 11 is 0. The summed E-state index contributed by atoms with van der Waals surface area (Å²) < 4.78 is 47.3. The van der Waals surface area contributed by atoms with E-state index in [-0.39, 0.29) is 13.2 Å². The first kappa shape index (κ1) is 25.0. The van der Waals surface area contributed by atoms with Crippen molar-refractivity contribution in [3.8, 4) is 0 Å². The standard InChI is InChI=1S/C12H23N2.C5H12O6S/c1-3-4-5-6-7-8-9-14-11-10-13(2)12-14;1-9-2-3-10-4-5-11-12(6,7)8/h10-12H,3-9H2,1-2H3;2-5H2,1H3,(H,6,7,8)/q+1;/p-1. The molecule has 1 rings (SSSR count). The van der Waals surface area contributed by atoms with Gasteiger partial charge in [0.1, 0.15) is 12.4 Å². The summed E-state index contributed by atoms with van der Waals surface area (Å²) in [6, 6.07) is 0. The number of rotatable bonds is 14. The molecule has 26 heavy (non-hydrogen) atoms. The lowest BCUT2D eigenvalue weighted by molar-refractivity contribution is -0.696. The minimum Gasteiger partial charge on any atom is -0.726 e. The van der Waals surface area contributed by atoms with Crippen molar-refractivity contribution in [2.45, 2.75) is 52.0 Å². The monoisotopic (exact) mass is 394 g/mol. The smallest absolute Gasteiger partial charge is 0.243 e. The molecule has 0 saturated heterocycles. The molecule has 0 fully saturated rings. The first-order valence-corrected chi connectivity index (χ1v) is 10.4. The van der Waals surface area contributed by atoms with E-state index in [1.54, 1.807) is 0 Å². The van der Waals surface area contributed by atoms with Crippen LogP contribution in [0.15, 0.2) is 18.7 Å². The first-order chi connectivity index (χ1) is 12.4. The fraction of sp³-hybridized carbons (Fsp3) is 0.824. The van der Waals surface area contributed by atoms with E-state index >= 15 is 0 Å². The zero-order valence-electron chi connectivity index (χ0n) is 16.3. The molecule has 0 amide bonds. The minimum atomic E-state index is -4.58. The van der Waals surface area contributed by atoms with Gasteiger partial charge in [0, 0.05) is 7.11 Å². The third kappa shape index (κ3) is 17.8. The van der Waals surface area contributed by atoms with Crippen molar-refractivity contribution in [3.63, 3.8) is 0 Å². The SMILES string of the molecule is CCCCCCCC[n+]1ccn(C)c1.COCCOCCOS(=O)(=O)[O-]. The van der Waals surface area contributed by atoms with E-state index in [1.807, 2.05) is 0 Å². The van der Waals surface area contributed by atoms with E-state index in [9.17, 15) is 13.0 Å². The molecule has 0 aromatic carbocycles. The Labute approximate surface area is 158 Å². The van der Waals surface area contributed by atoms with Gasteiger partial charge in [-0.2, -0.15) is 0 Å². The Balaban J connectivity index is 0.000000488. The van der Waals surface area contributed by atoms with Gasteiger partial charge in [0.15, 0.2) is 0 Å². The topological polar surface area (TPSA) is 93.7 Å². The largest absolute Gasteiger partial charge is 0.726 e. The van der Waals surface area contributed by atoms with Gasteiger partial charge in [0.25, 0.3) is 0 Å². The van der Waals surface area contributed by atoms with Crippen LogP contribution in [0.25, 0.3) is 0 Å². The van der Waals surface area contributed by atoms with Gasteiger partial charge in [0.2, 0.25) is 16.7 Å². The van der Waals surface area contributed by atoms with E-state index < -0.39 is 10.4 Å². The first-order valence-electron chi connectivity index (χ1n) is 9.07. The molecule has 1 aromatic heterocycles. The van der Waals surface area contributed by atoms with Crippen LogP contribution in [0.4, 0.5) is 0 Å². The minimum absolute atomic E-state index is 0.0603. The molecule has 8 nitrogen and oxygen atoms in total. The molecule has 0 aliphatic carbocycles. The lowest BCUT2D eigenvalue weighted by Gasteiger charge is -2.07. The van der Waals surface area contributed by atoms with Crippen LogP contribution in [0.5, 0.6) is 0 Å². The second kappa shape index (κ2) is 16.2. The van der Waals surface area contributed by atoms with Gasteiger partial charge in [-0.15, -0.1) is 0 Å². The molecular weight excluding hydrogens is 360 g/mol. The molecule has 0 aliphatic heterocycles. The van der Waals surface area contributed by atoms with Crippen LogP contribution < -0.4 is 4.57 Å². The highest BCUT2D eigenvalue weighted by atomic mass is 32.3. The Kier molecular flexibility index (Phi) is 15.6. The predicted molar refractivity (Wildman–Crippen MR) is 97.3 cm³/mol. The highest BCUT2D eigenvalue weighted by molar-refractivity contribution is 7.80. The van der Waals surface area contributed by atoms with Crippen molar-refractivity contribution < 1.29 is 31.2 Å². The fourth-order valence-electron chi connectivity index (χ4n) is 2.15. The molecule has 9 heteroatoms. The van der Waals surface area contributed by atoms with Crippen LogP contribution >= 0.6 is 0 Å². The molecule has 0 aliphatic rings. The number of unbranched alkanes of at least 4 members (excludes halogenated alkanes) is 5. The second-order valence-corrected chi connectivity index (χ2v) is 6.97. The normalized spacial score (nSPS) is 11.2. The van der Waals surface area contributed by atoms with Crippen molar-refractivity contribution in [2.24, 2.45) is 7.05 Å². The van der Waals surface area contributed by atoms with E-state index in [0.29, 0.717) is 13.2 Å². The summed E-state index contributed by atoms with van der Waals surface area (Å²) in [4.78, 5) is 0. The summed E-state index contributed by atoms with van der Waals surface area (Å²) in [5.74, 6) is 0. The molecule has 0 radical (unpaired) electrons. The molecule has 0 bridgehead atoms. The van der Waals surface area contributed by atoms with Crippen LogP contribution in [0.3, 0.4) is 0 Å². The maximum Gasteiger partial charge on any atom is 0.243 e. The van der Waals surface area contributed by atoms with Crippen LogP contribution in [-0.2, 0) is 37.6 Å². The lowest BCUT2D eigenvalue weighted by atomic mass is 10.1. The summed E-state index contributed by atoms with van der Waals surface area (Å²) in [5, 5.41) is 0. The Bertz CT molecular complexity index is 533. The zero-order chi connectivity index (χ0) is 19.7. The van der Waals surface area contributed by atoms with Crippen molar-refractivity contribution in [2.75, 3.05) is 33.5 Å². The Morgan fingerprint density at radius 2 is 1.69 bits per heavy atom. The van der Waals surface area contributed by atoms with Crippen molar-refractivity contribution in [1.29, 1.82) is 0 Å². The second-order valence-electron chi connectivity index (χ2n) is 5.92. The number of aryl methyl sites for hydroxylation is 2. The van der Waals surface area contributed by atoms with Crippen LogP contribution in [0.2, 0.25) is 0 Å². The summed E-state index contributed by atoms with van der Waals surface area (Å²) in [7, 11) is -0.995. The highest BCUT2D eigenvalue weighted by Crippen LogP contribution is 2.04. The third-order valence-corrected chi connectivity index (χ3v) is 3.94. The molecular formula is C17H34N2O6S. The van der Waals surface area contributed by atoms with Gasteiger partial charge >= 0.3 is 0 Å². The van der Waals surface area contributed by atoms with Crippen molar-refractivity contribution >= 4 is 10.4 Å². The van der Waals surface area contributed by atoms with Crippen LogP contribution in [-0.4, -0.2) is 51.1 Å². The molecule has 0 atom stereocenters. The molecule has 1 aromatic rings. The maximum absolute atomic E-state index is 9.86. The number of methoxy groups -OCH3 is 1. The average Bonchev–Trinajstić information content (AvgIpc) is 2.99. The molecule has 0 saturated carbocycles. The molecule has 154 valence electrons. The van der Waals surface area contributed by atoms with E-state index in [2.05, 4.69) is 50.7 Å². The lowest BCUT2D eigenvalue weighted by Crippen LogP contribution is -2.30. The van der Waals surface area contributed by atoms with Gasteiger partial charge in [-0.1, -0.05) is 32.6 Å². The number of hydrogen-bond donors (Lipinski definition) is 0. The van der Waals surface area contributed by atoms with E-state index in [4.69, 9.17) is 4.74 Å². The fourth-order valence-corrected chi connectivity index (χ4v) is 2.42. The van der Waals surface area contributed by atoms with Gasteiger partial charge in [-0.05, 0) is 12.8 Å². The Morgan fingerprint density at radius 3 is 2.27 bits per heavy atom. The summed E-state index contributed by atoms with van der Waals surface area (Å²) in [6.45, 7) is 4.01. The average molecular weight is 395 g/mol. The molecule has 0 spiro atoms. The molecule has 1 heterocycles. The number of ether oxygens (including phenoxy) is 2. The number of imidazole rings is 1.